The molecule has 0 saturated carbocycles. The molecule has 1 aromatic carbocycles. The first-order valence-electron chi connectivity index (χ1n) is 7.47. The Morgan fingerprint density at radius 3 is 2.52 bits per heavy atom. The van der Waals surface area contributed by atoms with Gasteiger partial charge in [-0.05, 0) is 30.5 Å². The standard InChI is InChI=1S/C16H21NO6/c1-21-8-9-22-12-4-2-11(3-5-12)10-17-15(18)13-6-7-14(23-13)16(19)20/h2-5,13-14H,6-10H2,1H3,(H,17,18)(H,19,20)/t13-,14+/m0/s1. The molecule has 0 unspecified atom stereocenters. The van der Waals surface area contributed by atoms with E-state index in [2.05, 4.69) is 5.32 Å². The number of carboxylic acids is 1. The molecule has 1 aliphatic heterocycles. The highest BCUT2D eigenvalue weighted by molar-refractivity contribution is 5.82. The second-order valence-electron chi connectivity index (χ2n) is 5.23. The summed E-state index contributed by atoms with van der Waals surface area (Å²) in [6.07, 6.45) is -0.780. The number of methoxy groups -OCH3 is 1. The molecule has 1 aliphatic rings. The van der Waals surface area contributed by atoms with Crippen molar-refractivity contribution in [3.63, 3.8) is 0 Å². The molecule has 7 heteroatoms. The number of carbonyl (C=O) groups excluding carboxylic acids is 1. The Balaban J connectivity index is 1.75. The second kappa shape index (κ2) is 8.50. The quantitative estimate of drug-likeness (QED) is 0.692. The van der Waals surface area contributed by atoms with E-state index in [1.54, 1.807) is 7.11 Å². The largest absolute Gasteiger partial charge is 0.491 e. The minimum absolute atomic E-state index is 0.283. The first-order chi connectivity index (χ1) is 11.1. The summed E-state index contributed by atoms with van der Waals surface area (Å²) in [6.45, 7) is 1.36. The fourth-order valence-electron chi connectivity index (χ4n) is 2.26. The molecule has 1 heterocycles. The van der Waals surface area contributed by atoms with E-state index in [-0.39, 0.29) is 5.91 Å². The SMILES string of the molecule is COCCOc1ccc(CNC(=O)[C@@H]2CC[C@H](C(=O)O)O2)cc1. The van der Waals surface area contributed by atoms with E-state index in [0.29, 0.717) is 32.6 Å². The van der Waals surface area contributed by atoms with E-state index < -0.39 is 18.2 Å². The zero-order valence-corrected chi connectivity index (χ0v) is 13.0. The van der Waals surface area contributed by atoms with Crippen molar-refractivity contribution >= 4 is 11.9 Å². The van der Waals surface area contributed by atoms with Crippen molar-refractivity contribution in [1.82, 2.24) is 5.32 Å². The highest BCUT2D eigenvalue weighted by atomic mass is 16.5. The highest BCUT2D eigenvalue weighted by Gasteiger charge is 2.34. The molecule has 1 amide bonds. The van der Waals surface area contributed by atoms with E-state index >= 15 is 0 Å². The fourth-order valence-corrected chi connectivity index (χ4v) is 2.26. The molecule has 0 aliphatic carbocycles. The minimum atomic E-state index is -1.02. The normalized spacial score (nSPS) is 20.2. The predicted molar refractivity (Wildman–Crippen MR) is 81.2 cm³/mol. The van der Waals surface area contributed by atoms with Crippen LogP contribution in [-0.4, -0.2) is 49.5 Å². The van der Waals surface area contributed by atoms with Gasteiger partial charge in [-0.1, -0.05) is 12.1 Å². The fraction of sp³-hybridized carbons (Fsp3) is 0.500. The number of amides is 1. The third kappa shape index (κ3) is 5.22. The number of hydrogen-bond donors (Lipinski definition) is 2. The maximum absolute atomic E-state index is 12.0. The Kier molecular flexibility index (Phi) is 6.37. The van der Waals surface area contributed by atoms with Gasteiger partial charge in [0.2, 0.25) is 5.91 Å². The number of aliphatic carboxylic acids is 1. The molecule has 23 heavy (non-hydrogen) atoms. The van der Waals surface area contributed by atoms with Crippen molar-refractivity contribution in [2.75, 3.05) is 20.3 Å². The van der Waals surface area contributed by atoms with Crippen molar-refractivity contribution < 1.29 is 28.9 Å². The van der Waals surface area contributed by atoms with E-state index in [9.17, 15) is 9.59 Å². The molecule has 2 N–H and O–H groups in total. The highest BCUT2D eigenvalue weighted by Crippen LogP contribution is 2.20. The summed E-state index contributed by atoms with van der Waals surface area (Å²) in [5, 5.41) is 11.6. The van der Waals surface area contributed by atoms with Gasteiger partial charge < -0.3 is 24.6 Å². The summed E-state index contributed by atoms with van der Waals surface area (Å²) in [4.78, 5) is 22.8. The molecule has 1 saturated heterocycles. The number of carbonyl (C=O) groups is 2. The molecule has 2 rings (SSSR count). The third-order valence-electron chi connectivity index (χ3n) is 3.53. The van der Waals surface area contributed by atoms with Gasteiger partial charge in [-0.15, -0.1) is 0 Å². The Bertz CT molecular complexity index is 530. The number of carboxylic acid groups (broad SMARTS) is 1. The first-order valence-corrected chi connectivity index (χ1v) is 7.47. The average molecular weight is 323 g/mol. The summed E-state index contributed by atoms with van der Waals surface area (Å²) in [5.41, 5.74) is 0.922. The van der Waals surface area contributed by atoms with Gasteiger partial charge in [-0.3, -0.25) is 4.79 Å². The Labute approximate surface area is 134 Å². The van der Waals surface area contributed by atoms with Crippen LogP contribution in [0.15, 0.2) is 24.3 Å². The molecular formula is C16H21NO6. The molecule has 126 valence electrons. The molecule has 1 aromatic rings. The molecule has 0 spiro atoms. The third-order valence-corrected chi connectivity index (χ3v) is 3.53. The van der Waals surface area contributed by atoms with Crippen LogP contribution in [0.5, 0.6) is 5.75 Å². The van der Waals surface area contributed by atoms with Crippen LogP contribution in [0, 0.1) is 0 Å². The van der Waals surface area contributed by atoms with Crippen LogP contribution in [0.3, 0.4) is 0 Å². The predicted octanol–water partition coefficient (Wildman–Crippen LogP) is 0.960. The Hall–Kier alpha value is -2.12. The zero-order valence-electron chi connectivity index (χ0n) is 13.0. The van der Waals surface area contributed by atoms with Gasteiger partial charge in [-0.2, -0.15) is 0 Å². The van der Waals surface area contributed by atoms with Gasteiger partial charge in [0.25, 0.3) is 0 Å². The maximum atomic E-state index is 12.0. The number of benzene rings is 1. The zero-order chi connectivity index (χ0) is 16.7. The molecule has 2 atom stereocenters. The molecule has 7 nitrogen and oxygen atoms in total. The summed E-state index contributed by atoms with van der Waals surface area (Å²) in [6, 6.07) is 7.36. The summed E-state index contributed by atoms with van der Waals surface area (Å²) in [7, 11) is 1.61. The van der Waals surface area contributed by atoms with Crippen LogP contribution in [-0.2, 0) is 25.6 Å². The van der Waals surface area contributed by atoms with Crippen molar-refractivity contribution in [2.45, 2.75) is 31.6 Å². The number of nitrogens with one attached hydrogen (secondary N) is 1. The lowest BCUT2D eigenvalue weighted by Gasteiger charge is -2.12. The van der Waals surface area contributed by atoms with Crippen molar-refractivity contribution in [3.05, 3.63) is 29.8 Å². The summed E-state index contributed by atoms with van der Waals surface area (Å²) in [5.74, 6) is -0.570. The smallest absolute Gasteiger partial charge is 0.332 e. The average Bonchev–Trinajstić information content (AvgIpc) is 3.04. The van der Waals surface area contributed by atoms with Crippen LogP contribution in [0.25, 0.3) is 0 Å². The van der Waals surface area contributed by atoms with E-state index in [1.165, 1.54) is 0 Å². The van der Waals surface area contributed by atoms with Gasteiger partial charge >= 0.3 is 5.97 Å². The molecule has 1 fully saturated rings. The van der Waals surface area contributed by atoms with Crippen molar-refractivity contribution in [2.24, 2.45) is 0 Å². The lowest BCUT2D eigenvalue weighted by Crippen LogP contribution is -2.35. The maximum Gasteiger partial charge on any atom is 0.332 e. The number of ether oxygens (including phenoxy) is 3. The van der Waals surface area contributed by atoms with Crippen LogP contribution < -0.4 is 10.1 Å². The number of rotatable bonds is 8. The van der Waals surface area contributed by atoms with Gasteiger partial charge in [0, 0.05) is 13.7 Å². The van der Waals surface area contributed by atoms with Crippen LogP contribution in [0.2, 0.25) is 0 Å². The van der Waals surface area contributed by atoms with Gasteiger partial charge in [-0.25, -0.2) is 4.79 Å². The van der Waals surface area contributed by atoms with Crippen LogP contribution >= 0.6 is 0 Å². The molecular weight excluding hydrogens is 302 g/mol. The van der Waals surface area contributed by atoms with Gasteiger partial charge in [0.15, 0.2) is 6.10 Å². The van der Waals surface area contributed by atoms with Crippen LogP contribution in [0.1, 0.15) is 18.4 Å². The molecule has 0 bridgehead atoms. The number of hydrogen-bond acceptors (Lipinski definition) is 5. The topological polar surface area (TPSA) is 94.1 Å². The van der Waals surface area contributed by atoms with E-state index in [4.69, 9.17) is 19.3 Å². The van der Waals surface area contributed by atoms with Crippen molar-refractivity contribution in [1.29, 1.82) is 0 Å². The monoisotopic (exact) mass is 323 g/mol. The Morgan fingerprint density at radius 2 is 1.91 bits per heavy atom. The molecule has 0 aromatic heterocycles. The van der Waals surface area contributed by atoms with Gasteiger partial charge in [0.05, 0.1) is 6.61 Å². The second-order valence-corrected chi connectivity index (χ2v) is 5.23. The van der Waals surface area contributed by atoms with Gasteiger partial charge in [0.1, 0.15) is 18.5 Å². The summed E-state index contributed by atoms with van der Waals surface area (Å²) < 4.78 is 15.6. The minimum Gasteiger partial charge on any atom is -0.491 e. The van der Waals surface area contributed by atoms with Crippen LogP contribution in [0.4, 0.5) is 0 Å². The summed E-state index contributed by atoms with van der Waals surface area (Å²) >= 11 is 0. The lowest BCUT2D eigenvalue weighted by atomic mass is 10.1. The Morgan fingerprint density at radius 1 is 1.22 bits per heavy atom. The van der Waals surface area contributed by atoms with E-state index in [1.807, 2.05) is 24.3 Å². The lowest BCUT2D eigenvalue weighted by molar-refractivity contribution is -0.151. The molecule has 0 radical (unpaired) electrons. The van der Waals surface area contributed by atoms with Crippen molar-refractivity contribution in [3.8, 4) is 5.75 Å². The van der Waals surface area contributed by atoms with E-state index in [0.717, 1.165) is 11.3 Å². The first kappa shape index (κ1) is 17.2.